The van der Waals surface area contributed by atoms with Gasteiger partial charge in [0.1, 0.15) is 6.04 Å². The molecule has 22 heavy (non-hydrogen) atoms. The Morgan fingerprint density at radius 2 is 1.64 bits per heavy atom. The predicted molar refractivity (Wildman–Crippen MR) is 87.0 cm³/mol. The fraction of sp³-hybridized carbons (Fsp3) is 0.111. The summed E-state index contributed by atoms with van der Waals surface area (Å²) >= 11 is 0. The molecule has 3 rings (SSSR count). The molecule has 0 radical (unpaired) electrons. The van der Waals surface area contributed by atoms with Crippen LogP contribution < -0.4 is 5.73 Å². The summed E-state index contributed by atoms with van der Waals surface area (Å²) in [6.45, 7) is 1.74. The van der Waals surface area contributed by atoms with E-state index >= 15 is 0 Å². The summed E-state index contributed by atoms with van der Waals surface area (Å²) < 4.78 is 1.59. The van der Waals surface area contributed by atoms with Crippen molar-refractivity contribution < 1.29 is 4.79 Å². The van der Waals surface area contributed by atoms with E-state index in [0.717, 1.165) is 16.7 Å². The Labute approximate surface area is 129 Å². The van der Waals surface area contributed by atoms with E-state index in [9.17, 15) is 4.79 Å². The third kappa shape index (κ3) is 2.76. The number of rotatable bonds is 4. The average Bonchev–Trinajstić information content (AvgIpc) is 3.05. The molecule has 0 saturated heterocycles. The number of aromatic nitrogens is 2. The van der Waals surface area contributed by atoms with Gasteiger partial charge in [-0.15, -0.1) is 0 Å². The number of amides is 1. The number of nitrogens with two attached hydrogens (primary N) is 1. The molecule has 1 heterocycles. The summed E-state index contributed by atoms with van der Waals surface area (Å²) in [4.78, 5) is 11.2. The molecule has 0 spiro atoms. The zero-order valence-electron chi connectivity index (χ0n) is 12.3. The molecule has 1 aromatic heterocycles. The van der Waals surface area contributed by atoms with Crippen molar-refractivity contribution in [1.29, 1.82) is 0 Å². The Balaban J connectivity index is 1.95. The highest BCUT2D eigenvalue weighted by Gasteiger charge is 2.12. The molecular formula is C18H17N3O. The molecule has 2 aromatic carbocycles. The maximum Gasteiger partial charge on any atom is 0.241 e. The first kappa shape index (κ1) is 14.1. The van der Waals surface area contributed by atoms with E-state index in [4.69, 9.17) is 5.73 Å². The van der Waals surface area contributed by atoms with Crippen molar-refractivity contribution in [3.05, 3.63) is 67.0 Å². The van der Waals surface area contributed by atoms with Crippen LogP contribution in [0.2, 0.25) is 0 Å². The van der Waals surface area contributed by atoms with E-state index in [2.05, 4.69) is 29.4 Å². The summed E-state index contributed by atoms with van der Waals surface area (Å²) in [5, 5.41) is 4.23. The first-order chi connectivity index (χ1) is 10.6. The van der Waals surface area contributed by atoms with Gasteiger partial charge < -0.3 is 5.73 Å². The maximum atomic E-state index is 11.2. The summed E-state index contributed by atoms with van der Waals surface area (Å²) in [6, 6.07) is 18.0. The Morgan fingerprint density at radius 1 is 1.00 bits per heavy atom. The highest BCUT2D eigenvalue weighted by atomic mass is 16.1. The van der Waals surface area contributed by atoms with Crippen LogP contribution in [-0.2, 0) is 4.79 Å². The number of nitrogens with zero attached hydrogens (tertiary/aromatic N) is 2. The fourth-order valence-corrected chi connectivity index (χ4v) is 2.34. The van der Waals surface area contributed by atoms with Gasteiger partial charge >= 0.3 is 0 Å². The number of hydrogen-bond donors (Lipinski definition) is 1. The first-order valence-corrected chi connectivity index (χ1v) is 7.14. The highest BCUT2D eigenvalue weighted by Crippen LogP contribution is 2.26. The van der Waals surface area contributed by atoms with Gasteiger partial charge in [-0.3, -0.25) is 9.48 Å². The summed E-state index contributed by atoms with van der Waals surface area (Å²) in [6.07, 6.45) is 3.60. The zero-order valence-corrected chi connectivity index (χ0v) is 12.3. The quantitative estimate of drug-likeness (QED) is 0.802. The minimum atomic E-state index is -0.453. The maximum absolute atomic E-state index is 11.2. The molecule has 2 N–H and O–H groups in total. The van der Waals surface area contributed by atoms with Gasteiger partial charge in [-0.25, -0.2) is 0 Å². The highest BCUT2D eigenvalue weighted by molar-refractivity contribution is 5.78. The topological polar surface area (TPSA) is 60.9 Å². The van der Waals surface area contributed by atoms with Crippen LogP contribution in [0.15, 0.2) is 67.0 Å². The molecule has 0 aliphatic rings. The molecule has 1 unspecified atom stereocenters. The van der Waals surface area contributed by atoms with E-state index in [1.807, 2.05) is 36.5 Å². The second kappa shape index (κ2) is 5.85. The molecular weight excluding hydrogens is 274 g/mol. The Kier molecular flexibility index (Phi) is 3.74. The SMILES string of the molecule is CC(C(N)=O)n1cc(-c2cccc(-c3ccccc3)c2)cn1. The molecule has 0 bridgehead atoms. The largest absolute Gasteiger partial charge is 0.368 e. The minimum Gasteiger partial charge on any atom is -0.368 e. The monoisotopic (exact) mass is 291 g/mol. The third-order valence-corrected chi connectivity index (χ3v) is 3.71. The van der Waals surface area contributed by atoms with Gasteiger partial charge in [0.25, 0.3) is 0 Å². The smallest absolute Gasteiger partial charge is 0.241 e. The molecule has 0 aliphatic heterocycles. The molecule has 4 heteroatoms. The molecule has 0 aliphatic carbocycles. The number of carbonyl (C=O) groups excluding carboxylic acids is 1. The van der Waals surface area contributed by atoms with Crippen LogP contribution in [0.3, 0.4) is 0 Å². The zero-order chi connectivity index (χ0) is 15.5. The van der Waals surface area contributed by atoms with Crippen molar-refractivity contribution >= 4 is 5.91 Å². The second-order valence-corrected chi connectivity index (χ2v) is 5.23. The van der Waals surface area contributed by atoms with Gasteiger partial charge in [0.05, 0.1) is 6.20 Å². The molecule has 1 atom stereocenters. The van der Waals surface area contributed by atoms with Crippen LogP contribution in [-0.4, -0.2) is 15.7 Å². The van der Waals surface area contributed by atoms with Crippen LogP contribution in [0.25, 0.3) is 22.3 Å². The number of primary amides is 1. The lowest BCUT2D eigenvalue weighted by Crippen LogP contribution is -2.24. The summed E-state index contributed by atoms with van der Waals surface area (Å²) in [5.41, 5.74) is 9.66. The third-order valence-electron chi connectivity index (χ3n) is 3.71. The van der Waals surface area contributed by atoms with Crippen molar-refractivity contribution in [1.82, 2.24) is 9.78 Å². The number of carbonyl (C=O) groups is 1. The van der Waals surface area contributed by atoms with Crippen molar-refractivity contribution in [3.63, 3.8) is 0 Å². The van der Waals surface area contributed by atoms with Crippen LogP contribution in [0.4, 0.5) is 0 Å². The first-order valence-electron chi connectivity index (χ1n) is 7.14. The van der Waals surface area contributed by atoms with Gasteiger partial charge in [-0.1, -0.05) is 48.5 Å². The lowest BCUT2D eigenvalue weighted by molar-refractivity contribution is -0.120. The van der Waals surface area contributed by atoms with Crippen LogP contribution in [0.1, 0.15) is 13.0 Å². The Morgan fingerprint density at radius 3 is 2.32 bits per heavy atom. The van der Waals surface area contributed by atoms with Gasteiger partial charge in [0.15, 0.2) is 0 Å². The van der Waals surface area contributed by atoms with Crippen LogP contribution >= 0.6 is 0 Å². The van der Waals surface area contributed by atoms with Crippen molar-refractivity contribution in [2.75, 3.05) is 0 Å². The van der Waals surface area contributed by atoms with E-state index < -0.39 is 11.9 Å². The number of benzene rings is 2. The predicted octanol–water partition coefficient (Wildman–Crippen LogP) is 3.26. The van der Waals surface area contributed by atoms with E-state index in [-0.39, 0.29) is 0 Å². The minimum absolute atomic E-state index is 0.396. The normalized spacial score (nSPS) is 12.0. The van der Waals surface area contributed by atoms with E-state index in [0.29, 0.717) is 0 Å². The lowest BCUT2D eigenvalue weighted by atomic mass is 10.0. The van der Waals surface area contributed by atoms with Gasteiger partial charge in [-0.2, -0.15) is 5.10 Å². The lowest BCUT2D eigenvalue weighted by Gasteiger charge is -2.07. The van der Waals surface area contributed by atoms with Crippen molar-refractivity contribution in [2.24, 2.45) is 5.73 Å². The Bertz CT molecular complexity index is 793. The molecule has 0 fully saturated rings. The molecule has 4 nitrogen and oxygen atoms in total. The number of hydrogen-bond acceptors (Lipinski definition) is 2. The van der Waals surface area contributed by atoms with Gasteiger partial charge in [0.2, 0.25) is 5.91 Å². The standard InChI is InChI=1S/C18H17N3O/c1-13(18(19)22)21-12-17(11-20-21)16-9-5-8-15(10-16)14-6-3-2-4-7-14/h2-13H,1H3,(H2,19,22). The van der Waals surface area contributed by atoms with Gasteiger partial charge in [0, 0.05) is 11.8 Å². The van der Waals surface area contributed by atoms with Crippen LogP contribution in [0.5, 0.6) is 0 Å². The average molecular weight is 291 g/mol. The Hall–Kier alpha value is -2.88. The van der Waals surface area contributed by atoms with Crippen LogP contribution in [0, 0.1) is 0 Å². The van der Waals surface area contributed by atoms with Crippen molar-refractivity contribution in [3.8, 4) is 22.3 Å². The molecule has 3 aromatic rings. The van der Waals surface area contributed by atoms with Crippen molar-refractivity contribution in [2.45, 2.75) is 13.0 Å². The summed E-state index contributed by atoms with van der Waals surface area (Å²) in [7, 11) is 0. The van der Waals surface area contributed by atoms with E-state index in [1.165, 1.54) is 5.56 Å². The molecule has 0 saturated carbocycles. The molecule has 110 valence electrons. The second-order valence-electron chi connectivity index (χ2n) is 5.23. The molecule has 1 amide bonds. The fourth-order valence-electron chi connectivity index (χ4n) is 2.34. The van der Waals surface area contributed by atoms with E-state index in [1.54, 1.807) is 17.8 Å². The van der Waals surface area contributed by atoms with Gasteiger partial charge in [-0.05, 0) is 29.7 Å². The summed E-state index contributed by atoms with van der Waals surface area (Å²) in [5.74, 6) is -0.396.